The number of hydroxylamine groups is 1. The van der Waals surface area contributed by atoms with E-state index in [0.717, 1.165) is 17.5 Å². The number of carbonyl (C=O) groups excluding carboxylic acids is 2. The summed E-state index contributed by atoms with van der Waals surface area (Å²) in [6.07, 6.45) is 0.611. The van der Waals surface area contributed by atoms with Crippen molar-refractivity contribution in [2.45, 2.75) is 32.2 Å². The SMILES string of the molecule is CCc1ccc(-c2ccc(C(=O)NC(CCC(=O)NO)C(=O)O)cc2)cc1. The largest absolute Gasteiger partial charge is 0.480 e. The van der Waals surface area contributed by atoms with E-state index in [0.29, 0.717) is 5.56 Å². The summed E-state index contributed by atoms with van der Waals surface area (Å²) in [7, 11) is 0. The number of rotatable bonds is 8. The Hall–Kier alpha value is -3.19. The third-order valence-electron chi connectivity index (χ3n) is 4.23. The Kier molecular flexibility index (Phi) is 7.08. The number of hydrogen-bond donors (Lipinski definition) is 4. The Morgan fingerprint density at radius 3 is 2.00 bits per heavy atom. The molecule has 0 saturated heterocycles. The number of hydrogen-bond acceptors (Lipinski definition) is 4. The predicted octanol–water partition coefficient (Wildman–Crippen LogP) is 2.38. The number of aryl methyl sites for hydroxylation is 1. The molecule has 0 radical (unpaired) electrons. The highest BCUT2D eigenvalue weighted by Crippen LogP contribution is 2.20. The Morgan fingerprint density at radius 2 is 1.52 bits per heavy atom. The lowest BCUT2D eigenvalue weighted by Crippen LogP contribution is -2.41. The van der Waals surface area contributed by atoms with Crippen molar-refractivity contribution in [1.82, 2.24) is 10.8 Å². The van der Waals surface area contributed by atoms with Crippen LogP contribution in [0.4, 0.5) is 0 Å². The van der Waals surface area contributed by atoms with Crippen LogP contribution in [0.3, 0.4) is 0 Å². The normalized spacial score (nSPS) is 11.5. The molecular weight excluding hydrogens is 348 g/mol. The second kappa shape index (κ2) is 9.49. The van der Waals surface area contributed by atoms with Gasteiger partial charge in [0.25, 0.3) is 5.91 Å². The molecule has 0 aliphatic heterocycles. The van der Waals surface area contributed by atoms with Gasteiger partial charge in [0.1, 0.15) is 6.04 Å². The summed E-state index contributed by atoms with van der Waals surface area (Å²) in [6, 6.07) is 13.7. The number of carboxylic acids is 1. The molecule has 0 bridgehead atoms. The number of benzene rings is 2. The van der Waals surface area contributed by atoms with Crippen LogP contribution in [0.5, 0.6) is 0 Å². The number of nitrogens with one attached hydrogen (secondary N) is 2. The van der Waals surface area contributed by atoms with Gasteiger partial charge in [0.15, 0.2) is 0 Å². The molecule has 2 aromatic carbocycles. The molecule has 1 unspecified atom stereocenters. The van der Waals surface area contributed by atoms with E-state index in [4.69, 9.17) is 5.21 Å². The van der Waals surface area contributed by atoms with Gasteiger partial charge in [0.2, 0.25) is 5.91 Å². The molecule has 0 aromatic heterocycles. The van der Waals surface area contributed by atoms with Crippen LogP contribution in [0.2, 0.25) is 0 Å². The molecule has 0 aliphatic rings. The van der Waals surface area contributed by atoms with E-state index < -0.39 is 23.8 Å². The molecule has 27 heavy (non-hydrogen) atoms. The van der Waals surface area contributed by atoms with Crippen LogP contribution >= 0.6 is 0 Å². The average molecular weight is 370 g/mol. The Bertz CT molecular complexity index is 800. The topological polar surface area (TPSA) is 116 Å². The first kappa shape index (κ1) is 20.1. The third-order valence-corrected chi connectivity index (χ3v) is 4.23. The van der Waals surface area contributed by atoms with Gasteiger partial charge in [-0.3, -0.25) is 14.8 Å². The number of carboxylic acid groups (broad SMARTS) is 1. The smallest absolute Gasteiger partial charge is 0.326 e. The van der Waals surface area contributed by atoms with Crippen LogP contribution in [0.15, 0.2) is 48.5 Å². The van der Waals surface area contributed by atoms with Crippen molar-refractivity contribution in [1.29, 1.82) is 0 Å². The lowest BCUT2D eigenvalue weighted by atomic mass is 10.0. The molecule has 2 aromatic rings. The van der Waals surface area contributed by atoms with E-state index in [9.17, 15) is 19.5 Å². The molecule has 1 atom stereocenters. The molecule has 7 heteroatoms. The van der Waals surface area contributed by atoms with Crippen molar-refractivity contribution < 1.29 is 24.7 Å². The van der Waals surface area contributed by atoms with Crippen LogP contribution in [-0.4, -0.2) is 34.1 Å². The van der Waals surface area contributed by atoms with Crippen LogP contribution in [0, 0.1) is 0 Å². The van der Waals surface area contributed by atoms with Gasteiger partial charge in [-0.15, -0.1) is 0 Å². The molecule has 0 spiro atoms. The van der Waals surface area contributed by atoms with Crippen LogP contribution in [0.25, 0.3) is 11.1 Å². The van der Waals surface area contributed by atoms with Crippen LogP contribution < -0.4 is 10.8 Å². The molecule has 2 rings (SSSR count). The third kappa shape index (κ3) is 5.65. The maximum atomic E-state index is 12.3. The summed E-state index contributed by atoms with van der Waals surface area (Å²) in [6.45, 7) is 2.09. The van der Waals surface area contributed by atoms with Gasteiger partial charge >= 0.3 is 5.97 Å². The second-order valence-electron chi connectivity index (χ2n) is 6.07. The van der Waals surface area contributed by atoms with Crippen LogP contribution in [-0.2, 0) is 16.0 Å². The second-order valence-corrected chi connectivity index (χ2v) is 6.07. The van der Waals surface area contributed by atoms with E-state index in [1.807, 2.05) is 12.1 Å². The van der Waals surface area contributed by atoms with Crippen molar-refractivity contribution in [3.8, 4) is 11.1 Å². The van der Waals surface area contributed by atoms with Gasteiger partial charge in [-0.05, 0) is 41.7 Å². The predicted molar refractivity (Wildman–Crippen MR) is 99.3 cm³/mol. The first-order valence-corrected chi connectivity index (χ1v) is 8.60. The molecule has 142 valence electrons. The highest BCUT2D eigenvalue weighted by atomic mass is 16.5. The molecule has 0 saturated carbocycles. The van der Waals surface area contributed by atoms with Crippen molar-refractivity contribution in [3.63, 3.8) is 0 Å². The van der Waals surface area contributed by atoms with Gasteiger partial charge in [0, 0.05) is 12.0 Å². The standard InChI is InChI=1S/C20H22N2O5/c1-2-13-3-5-14(6-4-13)15-7-9-16(10-8-15)19(24)21-17(20(25)26)11-12-18(23)22-27/h3-10,17,27H,2,11-12H2,1H3,(H,21,24)(H,22,23)(H,25,26). The average Bonchev–Trinajstić information content (AvgIpc) is 2.70. The zero-order valence-corrected chi connectivity index (χ0v) is 14.9. The van der Waals surface area contributed by atoms with Crippen molar-refractivity contribution >= 4 is 17.8 Å². The minimum absolute atomic E-state index is 0.130. The van der Waals surface area contributed by atoms with Gasteiger partial charge in [0.05, 0.1) is 0 Å². The Balaban J connectivity index is 2.04. The summed E-state index contributed by atoms with van der Waals surface area (Å²) in [5.74, 6) is -2.50. The summed E-state index contributed by atoms with van der Waals surface area (Å²) < 4.78 is 0. The van der Waals surface area contributed by atoms with E-state index >= 15 is 0 Å². The minimum Gasteiger partial charge on any atom is -0.480 e. The number of amides is 2. The van der Waals surface area contributed by atoms with Gasteiger partial charge in [-0.25, -0.2) is 10.3 Å². The summed E-state index contributed by atoms with van der Waals surface area (Å²) >= 11 is 0. The fourth-order valence-electron chi connectivity index (χ4n) is 2.58. The quantitative estimate of drug-likeness (QED) is 0.421. The van der Waals surface area contributed by atoms with E-state index in [-0.39, 0.29) is 12.8 Å². The summed E-state index contributed by atoms with van der Waals surface area (Å²) in [5, 5.41) is 20.0. The Labute approximate surface area is 157 Å². The highest BCUT2D eigenvalue weighted by molar-refractivity contribution is 5.97. The lowest BCUT2D eigenvalue weighted by molar-refractivity contribution is -0.139. The first-order valence-electron chi connectivity index (χ1n) is 8.60. The zero-order chi connectivity index (χ0) is 19.8. The number of aliphatic carboxylic acids is 1. The fourth-order valence-corrected chi connectivity index (χ4v) is 2.58. The highest BCUT2D eigenvalue weighted by Gasteiger charge is 2.21. The molecule has 4 N–H and O–H groups in total. The van der Waals surface area contributed by atoms with Crippen molar-refractivity contribution in [3.05, 3.63) is 59.7 Å². The lowest BCUT2D eigenvalue weighted by Gasteiger charge is -2.14. The molecule has 7 nitrogen and oxygen atoms in total. The van der Waals surface area contributed by atoms with Gasteiger partial charge in [-0.1, -0.05) is 43.3 Å². The zero-order valence-electron chi connectivity index (χ0n) is 14.9. The molecule has 0 heterocycles. The summed E-state index contributed by atoms with van der Waals surface area (Å²) in [5.41, 5.74) is 4.96. The van der Waals surface area contributed by atoms with E-state index in [1.54, 1.807) is 24.3 Å². The maximum Gasteiger partial charge on any atom is 0.326 e. The monoisotopic (exact) mass is 370 g/mol. The van der Waals surface area contributed by atoms with Gasteiger partial charge in [-0.2, -0.15) is 0 Å². The molecule has 2 amide bonds. The maximum absolute atomic E-state index is 12.3. The molecule has 0 aliphatic carbocycles. The first-order chi connectivity index (χ1) is 12.9. The van der Waals surface area contributed by atoms with Crippen molar-refractivity contribution in [2.24, 2.45) is 0 Å². The Morgan fingerprint density at radius 1 is 0.963 bits per heavy atom. The van der Waals surface area contributed by atoms with E-state index in [2.05, 4.69) is 24.4 Å². The van der Waals surface area contributed by atoms with Crippen LogP contribution in [0.1, 0.15) is 35.7 Å². The molecule has 0 fully saturated rings. The minimum atomic E-state index is -1.25. The number of carbonyl (C=O) groups is 3. The molecular formula is C20H22N2O5. The fraction of sp³-hybridized carbons (Fsp3) is 0.250. The van der Waals surface area contributed by atoms with E-state index in [1.165, 1.54) is 11.0 Å². The summed E-state index contributed by atoms with van der Waals surface area (Å²) in [4.78, 5) is 34.6. The van der Waals surface area contributed by atoms with Crippen molar-refractivity contribution in [2.75, 3.05) is 0 Å². The van der Waals surface area contributed by atoms with Gasteiger partial charge < -0.3 is 10.4 Å².